The van der Waals surface area contributed by atoms with Gasteiger partial charge in [-0.3, -0.25) is 4.79 Å². The molecule has 1 aromatic carbocycles. The maximum Gasteiger partial charge on any atom is 0.253 e. The normalized spacial score (nSPS) is 16.4. The van der Waals surface area contributed by atoms with E-state index >= 15 is 0 Å². The molecule has 1 fully saturated rings. The molecule has 24 heavy (non-hydrogen) atoms. The Hall–Kier alpha value is -2.30. The minimum atomic E-state index is 0.0379. The number of piperidine rings is 1. The number of hydrogen-bond donors (Lipinski definition) is 1. The van der Waals surface area contributed by atoms with Gasteiger partial charge in [-0.15, -0.1) is 0 Å². The van der Waals surface area contributed by atoms with Crippen LogP contribution in [-0.4, -0.2) is 29.1 Å². The lowest BCUT2D eigenvalue weighted by atomic mass is 9.86. The van der Waals surface area contributed by atoms with Gasteiger partial charge in [0.15, 0.2) is 0 Å². The van der Waals surface area contributed by atoms with Gasteiger partial charge in [-0.2, -0.15) is 0 Å². The number of amides is 1. The van der Waals surface area contributed by atoms with Crippen LogP contribution in [0.4, 0.5) is 5.88 Å². The van der Waals surface area contributed by atoms with E-state index in [1.807, 2.05) is 23.1 Å². The Morgan fingerprint density at radius 2 is 1.96 bits per heavy atom. The summed E-state index contributed by atoms with van der Waals surface area (Å²) in [4.78, 5) is 14.7. The van der Waals surface area contributed by atoms with E-state index in [9.17, 15) is 4.79 Å². The quantitative estimate of drug-likeness (QED) is 0.915. The van der Waals surface area contributed by atoms with Crippen molar-refractivity contribution < 1.29 is 9.32 Å². The Morgan fingerprint density at radius 1 is 1.25 bits per heavy atom. The number of carbonyl (C=O) groups is 1. The molecule has 1 amide bonds. The van der Waals surface area contributed by atoms with E-state index in [2.05, 4.69) is 32.0 Å². The molecule has 3 rings (SSSR count). The maximum absolute atomic E-state index is 12.8. The van der Waals surface area contributed by atoms with Gasteiger partial charge >= 0.3 is 0 Å². The zero-order chi connectivity index (χ0) is 17.3. The molecule has 0 atom stereocenters. The Bertz CT molecular complexity index is 722. The number of likely N-dealkylation sites (tertiary alicyclic amines) is 1. The summed E-state index contributed by atoms with van der Waals surface area (Å²) in [7, 11) is 0. The van der Waals surface area contributed by atoms with Crippen LogP contribution in [0.2, 0.25) is 0 Å². The van der Waals surface area contributed by atoms with E-state index in [0.29, 0.717) is 11.8 Å². The van der Waals surface area contributed by atoms with Crippen molar-refractivity contribution in [1.29, 1.82) is 0 Å². The molecule has 2 heterocycles. The molecule has 1 aliphatic heterocycles. The predicted molar refractivity (Wildman–Crippen MR) is 93.9 cm³/mol. The van der Waals surface area contributed by atoms with Gasteiger partial charge in [0.05, 0.1) is 5.69 Å². The van der Waals surface area contributed by atoms with Gasteiger partial charge in [0.25, 0.3) is 5.91 Å². The van der Waals surface area contributed by atoms with Crippen LogP contribution in [0, 0.1) is 0 Å². The van der Waals surface area contributed by atoms with Crippen molar-refractivity contribution >= 4 is 11.8 Å². The maximum atomic E-state index is 12.8. The van der Waals surface area contributed by atoms with E-state index in [0.717, 1.165) is 37.2 Å². The minimum absolute atomic E-state index is 0.0379. The fourth-order valence-corrected chi connectivity index (χ4v) is 3.18. The van der Waals surface area contributed by atoms with Crippen LogP contribution in [0.5, 0.6) is 0 Å². The Morgan fingerprint density at radius 3 is 2.54 bits per heavy atom. The van der Waals surface area contributed by atoms with Crippen LogP contribution in [-0.2, 0) is 5.41 Å². The minimum Gasteiger partial charge on any atom is -0.368 e. The highest BCUT2D eigenvalue weighted by Crippen LogP contribution is 2.29. The number of anilines is 1. The summed E-state index contributed by atoms with van der Waals surface area (Å²) in [5.74, 6) is 0.776. The smallest absolute Gasteiger partial charge is 0.253 e. The van der Waals surface area contributed by atoms with Gasteiger partial charge in [-0.05, 0) is 36.0 Å². The Balaban J connectivity index is 1.67. The number of nitrogens with two attached hydrogens (primary N) is 1. The van der Waals surface area contributed by atoms with Crippen molar-refractivity contribution in [3.63, 3.8) is 0 Å². The zero-order valence-corrected chi connectivity index (χ0v) is 14.6. The first kappa shape index (κ1) is 16.6. The highest BCUT2D eigenvalue weighted by atomic mass is 16.5. The largest absolute Gasteiger partial charge is 0.368 e. The molecule has 0 radical (unpaired) electrons. The fraction of sp³-hybridized carbons (Fsp3) is 0.474. The van der Waals surface area contributed by atoms with Gasteiger partial charge < -0.3 is 15.2 Å². The van der Waals surface area contributed by atoms with Crippen LogP contribution >= 0.6 is 0 Å². The zero-order valence-electron chi connectivity index (χ0n) is 14.6. The number of rotatable bonds is 2. The van der Waals surface area contributed by atoms with E-state index < -0.39 is 0 Å². The Labute approximate surface area is 142 Å². The Kier molecular flexibility index (Phi) is 4.35. The summed E-state index contributed by atoms with van der Waals surface area (Å²) in [5, 5.41) is 4.00. The molecule has 1 saturated heterocycles. The summed E-state index contributed by atoms with van der Waals surface area (Å²) in [6.07, 6.45) is 1.77. The van der Waals surface area contributed by atoms with E-state index in [1.54, 1.807) is 6.07 Å². The van der Waals surface area contributed by atoms with E-state index in [4.69, 9.17) is 10.3 Å². The molecule has 0 saturated carbocycles. The first-order valence-corrected chi connectivity index (χ1v) is 8.46. The molecular weight excluding hydrogens is 302 g/mol. The van der Waals surface area contributed by atoms with Crippen molar-refractivity contribution in [3.8, 4) is 0 Å². The molecule has 0 bridgehead atoms. The number of hydrogen-bond acceptors (Lipinski definition) is 4. The monoisotopic (exact) mass is 327 g/mol. The summed E-state index contributed by atoms with van der Waals surface area (Å²) in [5.41, 5.74) is 8.48. The van der Waals surface area contributed by atoms with Gasteiger partial charge in [0.1, 0.15) is 0 Å². The second-order valence-corrected chi connectivity index (χ2v) is 7.55. The lowest BCUT2D eigenvalue weighted by Gasteiger charge is -2.31. The third-order valence-corrected chi connectivity index (χ3v) is 4.72. The molecule has 2 N–H and O–H groups in total. The number of carbonyl (C=O) groups excluding carboxylic acids is 1. The molecule has 1 aromatic heterocycles. The van der Waals surface area contributed by atoms with Gasteiger partial charge in [0.2, 0.25) is 5.88 Å². The lowest BCUT2D eigenvalue weighted by molar-refractivity contribution is 0.0711. The van der Waals surface area contributed by atoms with Crippen LogP contribution in [0.1, 0.15) is 61.1 Å². The second-order valence-electron chi connectivity index (χ2n) is 7.55. The highest BCUT2D eigenvalue weighted by Gasteiger charge is 2.27. The molecule has 0 spiro atoms. The van der Waals surface area contributed by atoms with Crippen molar-refractivity contribution in [3.05, 3.63) is 47.2 Å². The van der Waals surface area contributed by atoms with Crippen molar-refractivity contribution in [2.24, 2.45) is 0 Å². The van der Waals surface area contributed by atoms with Gasteiger partial charge in [0, 0.05) is 30.6 Å². The summed E-state index contributed by atoms with van der Waals surface area (Å²) in [6.45, 7) is 7.94. The average molecular weight is 327 g/mol. The molecule has 5 nitrogen and oxygen atoms in total. The summed E-state index contributed by atoms with van der Waals surface area (Å²) >= 11 is 0. The molecular formula is C19H25N3O2. The first-order valence-electron chi connectivity index (χ1n) is 8.46. The van der Waals surface area contributed by atoms with Crippen molar-refractivity contribution in [1.82, 2.24) is 10.1 Å². The molecule has 128 valence electrons. The number of aromatic nitrogens is 1. The summed E-state index contributed by atoms with van der Waals surface area (Å²) < 4.78 is 4.95. The van der Waals surface area contributed by atoms with Gasteiger partial charge in [-0.1, -0.05) is 38.1 Å². The van der Waals surface area contributed by atoms with E-state index in [-0.39, 0.29) is 11.3 Å². The molecule has 0 aliphatic carbocycles. The summed E-state index contributed by atoms with van der Waals surface area (Å²) in [6, 6.07) is 9.76. The first-order chi connectivity index (χ1) is 11.3. The van der Waals surface area contributed by atoms with E-state index in [1.165, 1.54) is 5.56 Å². The lowest BCUT2D eigenvalue weighted by Crippen LogP contribution is -2.38. The average Bonchev–Trinajstić information content (AvgIpc) is 3.00. The predicted octanol–water partition coefficient (Wildman–Crippen LogP) is 3.57. The standard InChI is InChI=1S/C19H25N3O2/c1-19(2,3)15-6-4-5-14(11-15)18(23)22-9-7-13(8-10-22)16-12-17(20)24-21-16/h4-6,11-13H,7-10,20H2,1-3H3. The topological polar surface area (TPSA) is 72.4 Å². The highest BCUT2D eigenvalue weighted by molar-refractivity contribution is 5.94. The van der Waals surface area contributed by atoms with Crippen LogP contribution < -0.4 is 5.73 Å². The fourth-order valence-electron chi connectivity index (χ4n) is 3.18. The van der Waals surface area contributed by atoms with Crippen molar-refractivity contribution in [2.75, 3.05) is 18.8 Å². The van der Waals surface area contributed by atoms with Crippen LogP contribution in [0.3, 0.4) is 0 Å². The number of nitrogens with zero attached hydrogens (tertiary/aromatic N) is 2. The van der Waals surface area contributed by atoms with Gasteiger partial charge in [-0.25, -0.2) is 0 Å². The van der Waals surface area contributed by atoms with Crippen molar-refractivity contribution in [2.45, 2.75) is 44.9 Å². The second kappa shape index (κ2) is 6.30. The molecule has 1 aliphatic rings. The SMILES string of the molecule is CC(C)(C)c1cccc(C(=O)N2CCC(c3cc(N)on3)CC2)c1. The molecule has 0 unspecified atom stereocenters. The number of benzene rings is 1. The molecule has 2 aromatic rings. The van der Waals surface area contributed by atoms with Crippen LogP contribution in [0.25, 0.3) is 0 Å². The third kappa shape index (κ3) is 3.45. The van der Waals surface area contributed by atoms with Crippen LogP contribution in [0.15, 0.2) is 34.9 Å². The molecule has 5 heteroatoms. The third-order valence-electron chi connectivity index (χ3n) is 4.72. The number of nitrogen functional groups attached to an aromatic ring is 1.